The fourth-order valence-corrected chi connectivity index (χ4v) is 4.31. The van der Waals surface area contributed by atoms with E-state index in [1.54, 1.807) is 47.8 Å². The Morgan fingerprint density at radius 2 is 1.05 bits per heavy atom. The molecule has 2 aromatic carbocycles. The third-order valence-corrected chi connectivity index (χ3v) is 6.12. The van der Waals surface area contributed by atoms with Crippen LogP contribution in [0.25, 0.3) is 0 Å². The zero-order valence-electron chi connectivity index (χ0n) is 12.1. The lowest BCUT2D eigenvalue weighted by molar-refractivity contribution is 0.596. The Morgan fingerprint density at radius 3 is 1.33 bits per heavy atom. The highest BCUT2D eigenvalue weighted by Gasteiger charge is 2.17. The van der Waals surface area contributed by atoms with Gasteiger partial charge in [0.2, 0.25) is 9.84 Å². The van der Waals surface area contributed by atoms with Gasteiger partial charge in [-0.3, -0.25) is 0 Å². The maximum Gasteiger partial charge on any atom is 0.206 e. The number of sulfone groups is 1. The quantitative estimate of drug-likeness (QED) is 0.789. The van der Waals surface area contributed by atoms with Gasteiger partial charge in [0, 0.05) is 11.5 Å². The van der Waals surface area contributed by atoms with E-state index in [0.29, 0.717) is 9.79 Å². The summed E-state index contributed by atoms with van der Waals surface area (Å²) in [5, 5.41) is 0. The van der Waals surface area contributed by atoms with Crippen LogP contribution >= 0.6 is 23.5 Å². The van der Waals surface area contributed by atoms with Crippen molar-refractivity contribution < 1.29 is 8.42 Å². The molecule has 0 heterocycles. The smallest absolute Gasteiger partial charge is 0.206 e. The van der Waals surface area contributed by atoms with Crippen LogP contribution in [0.5, 0.6) is 0 Å². The van der Waals surface area contributed by atoms with E-state index >= 15 is 0 Å². The second-order valence-corrected chi connectivity index (χ2v) is 8.34. The molecule has 112 valence electrons. The van der Waals surface area contributed by atoms with Gasteiger partial charge in [0.1, 0.15) is 0 Å². The molecule has 0 unspecified atom stereocenters. The zero-order valence-corrected chi connectivity index (χ0v) is 14.5. The molecule has 0 aliphatic heterocycles. The van der Waals surface area contributed by atoms with Gasteiger partial charge >= 0.3 is 0 Å². The monoisotopic (exact) mass is 338 g/mol. The minimum Gasteiger partial charge on any atom is -0.219 e. The molecule has 5 heteroatoms. The first-order valence-corrected chi connectivity index (χ1v) is 10.8. The average molecular weight is 339 g/mol. The molecule has 0 bridgehead atoms. The summed E-state index contributed by atoms with van der Waals surface area (Å²) in [6.07, 6.45) is 4.06. The normalized spacial score (nSPS) is 11.5. The van der Waals surface area contributed by atoms with Crippen molar-refractivity contribution in [2.75, 3.05) is 12.5 Å². The summed E-state index contributed by atoms with van der Waals surface area (Å²) >= 11 is 3.44. The molecule has 0 spiro atoms. The van der Waals surface area contributed by atoms with Crippen LogP contribution < -0.4 is 0 Å². The van der Waals surface area contributed by atoms with E-state index < -0.39 is 9.84 Å². The van der Waals surface area contributed by atoms with Crippen molar-refractivity contribution in [3.05, 3.63) is 59.7 Å². The number of benzene rings is 2. The first-order chi connectivity index (χ1) is 10.1. The van der Waals surface area contributed by atoms with Gasteiger partial charge in [-0.25, -0.2) is 8.42 Å². The Morgan fingerprint density at radius 1 is 0.714 bits per heavy atom. The molecule has 0 aliphatic carbocycles. The molecule has 21 heavy (non-hydrogen) atoms. The summed E-state index contributed by atoms with van der Waals surface area (Å²) < 4.78 is 25.1. The molecule has 2 aromatic rings. The maximum atomic E-state index is 12.6. The summed E-state index contributed by atoms with van der Waals surface area (Å²) in [4.78, 5) is 0.704. The minimum absolute atomic E-state index is 0.352. The SMILES string of the molecule is CSCc1ccc(S(=O)(=O)c2ccc(CSC)cc2)cc1. The third kappa shape index (κ3) is 4.05. The molecule has 0 aliphatic rings. The van der Waals surface area contributed by atoms with Crippen LogP contribution in [-0.2, 0) is 21.3 Å². The van der Waals surface area contributed by atoms with Gasteiger partial charge in [-0.2, -0.15) is 23.5 Å². The Labute approximate surface area is 135 Å². The lowest BCUT2D eigenvalue weighted by Crippen LogP contribution is -2.02. The molecule has 2 nitrogen and oxygen atoms in total. The van der Waals surface area contributed by atoms with Crippen molar-refractivity contribution in [3.63, 3.8) is 0 Å². The van der Waals surface area contributed by atoms with Crippen molar-refractivity contribution in [2.24, 2.45) is 0 Å². The van der Waals surface area contributed by atoms with Crippen LogP contribution in [0.15, 0.2) is 58.3 Å². The number of hydrogen-bond acceptors (Lipinski definition) is 4. The van der Waals surface area contributed by atoms with E-state index in [2.05, 4.69) is 0 Å². The van der Waals surface area contributed by atoms with Crippen molar-refractivity contribution in [1.82, 2.24) is 0 Å². The van der Waals surface area contributed by atoms with Gasteiger partial charge in [-0.15, -0.1) is 0 Å². The van der Waals surface area contributed by atoms with Gasteiger partial charge in [-0.1, -0.05) is 24.3 Å². The maximum absolute atomic E-state index is 12.6. The molecule has 0 atom stereocenters. The van der Waals surface area contributed by atoms with Crippen LogP contribution in [0.4, 0.5) is 0 Å². The van der Waals surface area contributed by atoms with E-state index in [-0.39, 0.29) is 0 Å². The number of hydrogen-bond donors (Lipinski definition) is 0. The fourth-order valence-electron chi connectivity index (χ4n) is 2.00. The van der Waals surface area contributed by atoms with E-state index in [1.165, 1.54) is 0 Å². The lowest BCUT2D eigenvalue weighted by atomic mass is 10.2. The lowest BCUT2D eigenvalue weighted by Gasteiger charge is -2.07. The molecule has 2 rings (SSSR count). The molecule has 0 saturated heterocycles. The molecule has 0 N–H and O–H groups in total. The van der Waals surface area contributed by atoms with Crippen molar-refractivity contribution in [2.45, 2.75) is 21.3 Å². The predicted molar refractivity (Wildman–Crippen MR) is 92.8 cm³/mol. The summed E-state index contributed by atoms with van der Waals surface area (Å²) in [5.41, 5.74) is 2.27. The number of thioether (sulfide) groups is 2. The predicted octanol–water partition coefficient (Wildman–Crippen LogP) is 4.25. The first-order valence-electron chi connectivity index (χ1n) is 6.49. The van der Waals surface area contributed by atoms with E-state index in [0.717, 1.165) is 22.6 Å². The van der Waals surface area contributed by atoms with Crippen LogP contribution in [0.2, 0.25) is 0 Å². The fraction of sp³-hybridized carbons (Fsp3) is 0.250. The van der Waals surface area contributed by atoms with Crippen LogP contribution in [0, 0.1) is 0 Å². The van der Waals surface area contributed by atoms with E-state index in [4.69, 9.17) is 0 Å². The molecule has 0 radical (unpaired) electrons. The summed E-state index contributed by atoms with van der Waals surface area (Å²) in [7, 11) is -3.42. The molecular formula is C16H18O2S3. The highest BCUT2D eigenvalue weighted by Crippen LogP contribution is 2.23. The first kappa shape index (κ1) is 16.5. The van der Waals surface area contributed by atoms with Crippen molar-refractivity contribution in [1.29, 1.82) is 0 Å². The van der Waals surface area contributed by atoms with Gasteiger partial charge in [0.15, 0.2) is 0 Å². The van der Waals surface area contributed by atoms with Gasteiger partial charge < -0.3 is 0 Å². The molecule has 0 amide bonds. The summed E-state index contributed by atoms with van der Waals surface area (Å²) in [6, 6.07) is 14.3. The van der Waals surface area contributed by atoms with E-state index in [1.807, 2.05) is 36.8 Å². The topological polar surface area (TPSA) is 34.1 Å². The minimum atomic E-state index is -3.42. The highest BCUT2D eigenvalue weighted by atomic mass is 32.2. The Bertz CT molecular complexity index is 619. The van der Waals surface area contributed by atoms with Crippen molar-refractivity contribution in [3.8, 4) is 0 Å². The van der Waals surface area contributed by atoms with Crippen LogP contribution in [-0.4, -0.2) is 20.9 Å². The molecule has 0 saturated carbocycles. The number of rotatable bonds is 6. The average Bonchev–Trinajstić information content (AvgIpc) is 2.49. The van der Waals surface area contributed by atoms with Crippen molar-refractivity contribution >= 4 is 33.4 Å². The van der Waals surface area contributed by atoms with Crippen LogP contribution in [0.1, 0.15) is 11.1 Å². The van der Waals surface area contributed by atoms with Gasteiger partial charge in [0.25, 0.3) is 0 Å². The standard InChI is InChI=1S/C16H18O2S3/c1-19-11-13-3-7-15(8-4-13)21(17,18)16-9-5-14(6-10-16)12-20-2/h3-10H,11-12H2,1-2H3. The Hall–Kier alpha value is -0.910. The second kappa shape index (κ2) is 7.38. The Kier molecular flexibility index (Phi) is 5.79. The zero-order chi connectivity index (χ0) is 15.3. The Balaban J connectivity index is 2.28. The highest BCUT2D eigenvalue weighted by molar-refractivity contribution is 7.98. The third-order valence-electron chi connectivity index (χ3n) is 3.09. The summed E-state index contributed by atoms with van der Waals surface area (Å²) in [6.45, 7) is 0. The summed E-state index contributed by atoms with van der Waals surface area (Å²) in [5.74, 6) is 1.79. The molecule has 0 aromatic heterocycles. The molecular weight excluding hydrogens is 320 g/mol. The largest absolute Gasteiger partial charge is 0.219 e. The van der Waals surface area contributed by atoms with Crippen LogP contribution in [0.3, 0.4) is 0 Å². The van der Waals surface area contributed by atoms with Gasteiger partial charge in [0.05, 0.1) is 9.79 Å². The van der Waals surface area contributed by atoms with Gasteiger partial charge in [-0.05, 0) is 47.9 Å². The molecule has 0 fully saturated rings. The van der Waals surface area contributed by atoms with E-state index in [9.17, 15) is 8.42 Å². The second-order valence-electron chi connectivity index (χ2n) is 4.66.